The van der Waals surface area contributed by atoms with E-state index in [0.29, 0.717) is 19.7 Å². The molecule has 2 N–H and O–H groups in total. The van der Waals surface area contributed by atoms with Gasteiger partial charge in [-0.3, -0.25) is 4.99 Å². The summed E-state index contributed by atoms with van der Waals surface area (Å²) < 4.78 is 7.59. The van der Waals surface area contributed by atoms with E-state index < -0.39 is 0 Å². The molecule has 0 saturated carbocycles. The standard InChI is InChI=1S/C22H27N5O/c1-2-23-22(25-15-16-28-21-11-7-4-8-12-21)24-14-13-19-17-26-27(18-19)20-9-5-3-6-10-20/h3-12,17-18H,2,13-16H2,1H3,(H2,23,24,25). The highest BCUT2D eigenvalue weighted by Gasteiger charge is 2.02. The molecule has 0 unspecified atom stereocenters. The van der Waals surface area contributed by atoms with Gasteiger partial charge in [0, 0.05) is 19.3 Å². The minimum absolute atomic E-state index is 0.582. The zero-order chi connectivity index (χ0) is 19.4. The molecule has 1 aromatic heterocycles. The van der Waals surface area contributed by atoms with Gasteiger partial charge >= 0.3 is 0 Å². The maximum Gasteiger partial charge on any atom is 0.191 e. The Balaban J connectivity index is 1.44. The molecule has 0 amide bonds. The lowest BCUT2D eigenvalue weighted by molar-refractivity contribution is 0.322. The predicted molar refractivity (Wildman–Crippen MR) is 113 cm³/mol. The lowest BCUT2D eigenvalue weighted by Crippen LogP contribution is -2.39. The molecule has 6 heteroatoms. The van der Waals surface area contributed by atoms with Crippen molar-refractivity contribution in [1.82, 2.24) is 20.4 Å². The highest BCUT2D eigenvalue weighted by molar-refractivity contribution is 5.79. The van der Waals surface area contributed by atoms with Crippen LogP contribution in [0.15, 0.2) is 78.0 Å². The van der Waals surface area contributed by atoms with E-state index in [1.165, 1.54) is 0 Å². The zero-order valence-electron chi connectivity index (χ0n) is 16.2. The number of aliphatic imine (C=N–C) groups is 1. The van der Waals surface area contributed by atoms with E-state index in [1.807, 2.05) is 71.5 Å². The number of hydrogen-bond donors (Lipinski definition) is 2. The molecular weight excluding hydrogens is 350 g/mol. The maximum absolute atomic E-state index is 5.70. The summed E-state index contributed by atoms with van der Waals surface area (Å²) in [5.41, 5.74) is 2.22. The largest absolute Gasteiger partial charge is 0.492 e. The summed E-state index contributed by atoms with van der Waals surface area (Å²) >= 11 is 0. The monoisotopic (exact) mass is 377 g/mol. The fourth-order valence-corrected chi connectivity index (χ4v) is 2.70. The first-order chi connectivity index (χ1) is 13.8. The average Bonchev–Trinajstić information content (AvgIpc) is 3.21. The second kappa shape index (κ2) is 10.8. The number of aromatic nitrogens is 2. The van der Waals surface area contributed by atoms with Crippen LogP contribution in [0.4, 0.5) is 0 Å². The van der Waals surface area contributed by atoms with Gasteiger partial charge in [0.25, 0.3) is 0 Å². The van der Waals surface area contributed by atoms with E-state index in [1.54, 1.807) is 0 Å². The molecule has 0 radical (unpaired) electrons. The highest BCUT2D eigenvalue weighted by Crippen LogP contribution is 2.08. The summed E-state index contributed by atoms with van der Waals surface area (Å²) in [4.78, 5) is 4.64. The van der Waals surface area contributed by atoms with Crippen molar-refractivity contribution >= 4 is 5.96 Å². The lowest BCUT2D eigenvalue weighted by atomic mass is 10.2. The van der Waals surface area contributed by atoms with Crippen molar-refractivity contribution in [3.63, 3.8) is 0 Å². The van der Waals surface area contributed by atoms with Gasteiger partial charge in [-0.05, 0) is 43.2 Å². The van der Waals surface area contributed by atoms with Crippen LogP contribution in [-0.2, 0) is 6.42 Å². The summed E-state index contributed by atoms with van der Waals surface area (Å²) in [6.07, 6.45) is 4.79. The second-order valence-electron chi connectivity index (χ2n) is 6.23. The first-order valence-corrected chi connectivity index (χ1v) is 9.64. The van der Waals surface area contributed by atoms with Gasteiger partial charge in [-0.1, -0.05) is 36.4 Å². The van der Waals surface area contributed by atoms with Crippen LogP contribution in [0.25, 0.3) is 5.69 Å². The summed E-state index contributed by atoms with van der Waals surface area (Å²) in [5.74, 6) is 1.68. The Hall–Kier alpha value is -3.28. The molecule has 3 rings (SSSR count). The Morgan fingerprint density at radius 2 is 1.79 bits per heavy atom. The zero-order valence-corrected chi connectivity index (χ0v) is 16.2. The van der Waals surface area contributed by atoms with Gasteiger partial charge in [0.15, 0.2) is 5.96 Å². The number of benzene rings is 2. The van der Waals surface area contributed by atoms with E-state index in [0.717, 1.165) is 35.9 Å². The Kier molecular flexibility index (Phi) is 7.49. The van der Waals surface area contributed by atoms with Crippen LogP contribution >= 0.6 is 0 Å². The molecule has 0 aliphatic carbocycles. The van der Waals surface area contributed by atoms with Crippen LogP contribution in [0.1, 0.15) is 12.5 Å². The van der Waals surface area contributed by atoms with Gasteiger partial charge in [-0.15, -0.1) is 0 Å². The third kappa shape index (κ3) is 6.16. The van der Waals surface area contributed by atoms with Crippen molar-refractivity contribution in [3.05, 3.63) is 78.6 Å². The van der Waals surface area contributed by atoms with E-state index in [-0.39, 0.29) is 0 Å². The van der Waals surface area contributed by atoms with Crippen LogP contribution in [-0.4, -0.2) is 42.0 Å². The number of rotatable bonds is 9. The second-order valence-corrected chi connectivity index (χ2v) is 6.23. The number of para-hydroxylation sites is 2. The molecule has 0 spiro atoms. The van der Waals surface area contributed by atoms with E-state index in [2.05, 4.69) is 33.8 Å². The van der Waals surface area contributed by atoms with Gasteiger partial charge in [0.2, 0.25) is 0 Å². The molecule has 0 fully saturated rings. The third-order valence-electron chi connectivity index (χ3n) is 4.08. The minimum atomic E-state index is 0.582. The number of nitrogens with one attached hydrogen (secondary N) is 2. The van der Waals surface area contributed by atoms with Gasteiger partial charge in [0.05, 0.1) is 18.4 Å². The average molecular weight is 377 g/mol. The number of guanidine groups is 1. The van der Waals surface area contributed by atoms with Crippen molar-refractivity contribution in [2.24, 2.45) is 4.99 Å². The fourth-order valence-electron chi connectivity index (χ4n) is 2.70. The normalized spacial score (nSPS) is 11.2. The molecule has 0 aliphatic rings. The molecule has 146 valence electrons. The molecule has 2 aromatic carbocycles. The first-order valence-electron chi connectivity index (χ1n) is 9.64. The van der Waals surface area contributed by atoms with Crippen LogP contribution in [0.2, 0.25) is 0 Å². The topological polar surface area (TPSA) is 63.5 Å². The third-order valence-corrected chi connectivity index (χ3v) is 4.08. The Labute approximate surface area is 166 Å². The molecule has 28 heavy (non-hydrogen) atoms. The molecule has 0 saturated heterocycles. The molecule has 0 aliphatic heterocycles. The Morgan fingerprint density at radius 3 is 2.54 bits per heavy atom. The van der Waals surface area contributed by atoms with Crippen molar-refractivity contribution in [2.75, 3.05) is 26.2 Å². The molecule has 1 heterocycles. The molecule has 0 atom stereocenters. The number of hydrogen-bond acceptors (Lipinski definition) is 3. The SMILES string of the molecule is CCNC(=NCCc1cnn(-c2ccccc2)c1)NCCOc1ccccc1. The van der Waals surface area contributed by atoms with E-state index in [4.69, 9.17) is 4.74 Å². The van der Waals surface area contributed by atoms with Crippen LogP contribution in [0.3, 0.4) is 0 Å². The van der Waals surface area contributed by atoms with Crippen molar-refractivity contribution < 1.29 is 4.74 Å². The first kappa shape index (κ1) is 19.5. The van der Waals surface area contributed by atoms with Gasteiger partial charge < -0.3 is 15.4 Å². The number of nitrogens with zero attached hydrogens (tertiary/aromatic N) is 3. The number of ether oxygens (including phenoxy) is 1. The van der Waals surface area contributed by atoms with Crippen molar-refractivity contribution in [1.29, 1.82) is 0 Å². The van der Waals surface area contributed by atoms with Crippen LogP contribution in [0, 0.1) is 0 Å². The van der Waals surface area contributed by atoms with Gasteiger partial charge in [0.1, 0.15) is 12.4 Å². The molecular formula is C22H27N5O. The fraction of sp³-hybridized carbons (Fsp3) is 0.273. The highest BCUT2D eigenvalue weighted by atomic mass is 16.5. The predicted octanol–water partition coefficient (Wildman–Crippen LogP) is 3.05. The smallest absolute Gasteiger partial charge is 0.191 e. The van der Waals surface area contributed by atoms with Crippen molar-refractivity contribution in [2.45, 2.75) is 13.3 Å². The molecule has 0 bridgehead atoms. The Morgan fingerprint density at radius 1 is 1.04 bits per heavy atom. The van der Waals surface area contributed by atoms with Crippen LogP contribution < -0.4 is 15.4 Å². The van der Waals surface area contributed by atoms with Crippen LogP contribution in [0.5, 0.6) is 5.75 Å². The molecule has 6 nitrogen and oxygen atoms in total. The van der Waals surface area contributed by atoms with Gasteiger partial charge in [-0.25, -0.2) is 4.68 Å². The summed E-state index contributed by atoms with van der Waals surface area (Å²) in [7, 11) is 0. The Bertz CT molecular complexity index is 846. The van der Waals surface area contributed by atoms with E-state index in [9.17, 15) is 0 Å². The maximum atomic E-state index is 5.70. The summed E-state index contributed by atoms with van der Waals surface area (Å²) in [6.45, 7) is 4.83. The van der Waals surface area contributed by atoms with E-state index >= 15 is 0 Å². The summed E-state index contributed by atoms with van der Waals surface area (Å²) in [6, 6.07) is 19.9. The lowest BCUT2D eigenvalue weighted by Gasteiger charge is -2.12. The summed E-state index contributed by atoms with van der Waals surface area (Å²) in [5, 5.41) is 11.0. The quantitative estimate of drug-likeness (QED) is 0.342. The van der Waals surface area contributed by atoms with Gasteiger partial charge in [-0.2, -0.15) is 5.10 Å². The minimum Gasteiger partial charge on any atom is -0.492 e. The van der Waals surface area contributed by atoms with Crippen molar-refractivity contribution in [3.8, 4) is 11.4 Å². The molecule has 3 aromatic rings.